The zero-order valence-electron chi connectivity index (χ0n) is 17.2. The van der Waals surface area contributed by atoms with Gasteiger partial charge in [-0.15, -0.1) is 0 Å². The van der Waals surface area contributed by atoms with Crippen LogP contribution in [0.3, 0.4) is 0 Å². The summed E-state index contributed by atoms with van der Waals surface area (Å²) in [6.07, 6.45) is -3.88. The lowest BCUT2D eigenvalue weighted by Gasteiger charge is -2.34. The minimum Gasteiger partial charge on any atom is -0.280 e. The van der Waals surface area contributed by atoms with E-state index in [-0.39, 0.29) is 22.4 Å². The fourth-order valence-electron chi connectivity index (χ4n) is 3.75. The van der Waals surface area contributed by atoms with Gasteiger partial charge in [0, 0.05) is 18.8 Å². The van der Waals surface area contributed by atoms with Gasteiger partial charge in [0.15, 0.2) is 0 Å². The molecule has 12 heteroatoms. The molecule has 1 saturated heterocycles. The van der Waals surface area contributed by atoms with Crippen LogP contribution in [0.4, 0.5) is 18.9 Å². The molecule has 2 aromatic carbocycles. The van der Waals surface area contributed by atoms with Gasteiger partial charge in [-0.3, -0.25) is 4.72 Å². The maximum absolute atomic E-state index is 13.0. The number of nitrogens with zero attached hydrogens (tertiary/aromatic N) is 1. The molecular formula is C20H22ClF3N2O4S2. The molecule has 176 valence electrons. The molecule has 0 amide bonds. The largest absolute Gasteiger partial charge is 0.417 e. The number of rotatable bonds is 5. The molecule has 0 saturated carbocycles. The number of sulfonamides is 2. The Kier molecular flexibility index (Phi) is 6.86. The molecule has 0 bridgehead atoms. The predicted octanol–water partition coefficient (Wildman–Crippen LogP) is 4.83. The van der Waals surface area contributed by atoms with Crippen molar-refractivity contribution >= 4 is 37.3 Å². The van der Waals surface area contributed by atoms with Gasteiger partial charge in [-0.1, -0.05) is 25.4 Å². The van der Waals surface area contributed by atoms with Crippen molar-refractivity contribution < 1.29 is 30.0 Å². The quantitative estimate of drug-likeness (QED) is 0.624. The third kappa shape index (κ3) is 5.38. The van der Waals surface area contributed by atoms with Crippen molar-refractivity contribution in [3.63, 3.8) is 0 Å². The second-order valence-corrected chi connectivity index (χ2v) is 12.1. The number of hydrogen-bond acceptors (Lipinski definition) is 4. The molecule has 1 N–H and O–H groups in total. The van der Waals surface area contributed by atoms with Crippen LogP contribution in [0.15, 0.2) is 52.3 Å². The smallest absolute Gasteiger partial charge is 0.280 e. The third-order valence-electron chi connectivity index (χ3n) is 5.13. The van der Waals surface area contributed by atoms with Crippen LogP contribution < -0.4 is 4.72 Å². The Morgan fingerprint density at radius 2 is 1.47 bits per heavy atom. The molecule has 0 unspecified atom stereocenters. The Morgan fingerprint density at radius 3 is 2.00 bits per heavy atom. The van der Waals surface area contributed by atoms with Crippen LogP contribution in [0.25, 0.3) is 0 Å². The van der Waals surface area contributed by atoms with Crippen molar-refractivity contribution in [3.05, 3.63) is 53.1 Å². The van der Waals surface area contributed by atoms with Crippen molar-refractivity contribution in [2.45, 2.75) is 36.2 Å². The van der Waals surface area contributed by atoms with E-state index in [1.165, 1.54) is 28.6 Å². The topological polar surface area (TPSA) is 83.6 Å². The summed E-state index contributed by atoms with van der Waals surface area (Å²) in [6.45, 7) is 4.77. The number of alkyl halides is 3. The molecule has 1 aliphatic rings. The van der Waals surface area contributed by atoms with E-state index < -0.39 is 41.7 Å². The SMILES string of the molecule is C[C@@H]1C[C@H](C)CN(S(=O)(=O)c2ccc(NS(=O)(=O)c3ccc(Cl)c(C(F)(F)F)c3)cc2)C1. The highest BCUT2D eigenvalue weighted by molar-refractivity contribution is 7.92. The molecular weight excluding hydrogens is 489 g/mol. The van der Waals surface area contributed by atoms with E-state index in [2.05, 4.69) is 4.72 Å². The van der Waals surface area contributed by atoms with Gasteiger partial charge in [0.1, 0.15) is 0 Å². The molecule has 0 radical (unpaired) electrons. The van der Waals surface area contributed by atoms with Crippen molar-refractivity contribution in [1.29, 1.82) is 0 Å². The molecule has 1 fully saturated rings. The number of halogens is 4. The maximum Gasteiger partial charge on any atom is 0.417 e. The minimum absolute atomic E-state index is 0.00704. The Labute approximate surface area is 190 Å². The Bertz CT molecular complexity index is 1190. The van der Waals surface area contributed by atoms with E-state index in [4.69, 9.17) is 11.6 Å². The van der Waals surface area contributed by atoms with Gasteiger partial charge < -0.3 is 0 Å². The summed E-state index contributed by atoms with van der Waals surface area (Å²) < 4.78 is 93.6. The first-order valence-electron chi connectivity index (χ1n) is 9.70. The van der Waals surface area contributed by atoms with Crippen molar-refractivity contribution in [1.82, 2.24) is 4.31 Å². The first-order chi connectivity index (χ1) is 14.7. The van der Waals surface area contributed by atoms with Gasteiger partial charge in [-0.25, -0.2) is 16.8 Å². The van der Waals surface area contributed by atoms with Crippen LogP contribution >= 0.6 is 11.6 Å². The summed E-state index contributed by atoms with van der Waals surface area (Å²) in [6, 6.07) is 7.29. The number of benzene rings is 2. The Morgan fingerprint density at radius 1 is 0.938 bits per heavy atom. The fraction of sp³-hybridized carbons (Fsp3) is 0.400. The molecule has 2 atom stereocenters. The van der Waals surface area contributed by atoms with E-state index in [0.717, 1.165) is 18.6 Å². The lowest BCUT2D eigenvalue weighted by atomic mass is 9.94. The molecule has 3 rings (SSSR count). The Balaban J connectivity index is 1.83. The van der Waals surface area contributed by atoms with Crippen LogP contribution in [0.5, 0.6) is 0 Å². The minimum atomic E-state index is -4.82. The molecule has 0 aromatic heterocycles. The molecule has 32 heavy (non-hydrogen) atoms. The number of nitrogens with one attached hydrogen (secondary N) is 1. The molecule has 1 heterocycles. The molecule has 2 aromatic rings. The summed E-state index contributed by atoms with van der Waals surface area (Å²) in [5.74, 6) is 0.446. The highest BCUT2D eigenvalue weighted by atomic mass is 35.5. The maximum atomic E-state index is 13.0. The average Bonchev–Trinajstić information content (AvgIpc) is 2.66. The molecule has 1 aliphatic heterocycles. The summed E-state index contributed by atoms with van der Waals surface area (Å²) in [7, 11) is -8.12. The van der Waals surface area contributed by atoms with Crippen LogP contribution in [0.2, 0.25) is 5.02 Å². The van der Waals surface area contributed by atoms with Gasteiger partial charge >= 0.3 is 6.18 Å². The van der Waals surface area contributed by atoms with Gasteiger partial charge in [-0.2, -0.15) is 17.5 Å². The van der Waals surface area contributed by atoms with E-state index in [1.807, 2.05) is 13.8 Å². The normalized spacial score (nSPS) is 20.8. The van der Waals surface area contributed by atoms with Crippen LogP contribution in [0.1, 0.15) is 25.8 Å². The van der Waals surface area contributed by atoms with Gasteiger partial charge in [0.2, 0.25) is 10.0 Å². The van der Waals surface area contributed by atoms with E-state index >= 15 is 0 Å². The average molecular weight is 511 g/mol. The number of anilines is 1. The summed E-state index contributed by atoms with van der Waals surface area (Å²) in [5.41, 5.74) is -1.26. The monoisotopic (exact) mass is 510 g/mol. The lowest BCUT2D eigenvalue weighted by Crippen LogP contribution is -2.42. The van der Waals surface area contributed by atoms with Crippen molar-refractivity contribution in [2.75, 3.05) is 17.8 Å². The van der Waals surface area contributed by atoms with E-state index in [9.17, 15) is 30.0 Å². The summed E-state index contributed by atoms with van der Waals surface area (Å²) in [5, 5.41) is -0.618. The number of hydrogen-bond donors (Lipinski definition) is 1. The Hall–Kier alpha value is -1.82. The first kappa shape index (κ1) is 24.8. The molecule has 0 spiro atoms. The van der Waals surface area contributed by atoms with Crippen LogP contribution in [-0.2, 0) is 26.2 Å². The third-order valence-corrected chi connectivity index (χ3v) is 8.69. The fourth-order valence-corrected chi connectivity index (χ4v) is 6.74. The predicted molar refractivity (Wildman–Crippen MR) is 115 cm³/mol. The first-order valence-corrected chi connectivity index (χ1v) is 13.0. The second kappa shape index (κ2) is 8.85. The van der Waals surface area contributed by atoms with Crippen LogP contribution in [-0.4, -0.2) is 34.2 Å². The summed E-state index contributed by atoms with van der Waals surface area (Å²) in [4.78, 5) is -0.616. The van der Waals surface area contributed by atoms with Gasteiger partial charge in [0.05, 0.1) is 20.4 Å². The van der Waals surface area contributed by atoms with E-state index in [0.29, 0.717) is 19.2 Å². The van der Waals surface area contributed by atoms with Gasteiger partial charge in [-0.05, 0) is 60.7 Å². The highest BCUT2D eigenvalue weighted by Crippen LogP contribution is 2.36. The van der Waals surface area contributed by atoms with Crippen LogP contribution in [0, 0.1) is 11.8 Å². The molecule has 6 nitrogen and oxygen atoms in total. The highest BCUT2D eigenvalue weighted by Gasteiger charge is 2.35. The van der Waals surface area contributed by atoms with Gasteiger partial charge in [0.25, 0.3) is 10.0 Å². The lowest BCUT2D eigenvalue weighted by molar-refractivity contribution is -0.137. The van der Waals surface area contributed by atoms with E-state index in [1.54, 1.807) is 0 Å². The molecule has 0 aliphatic carbocycles. The number of piperidine rings is 1. The zero-order valence-corrected chi connectivity index (χ0v) is 19.6. The van der Waals surface area contributed by atoms with Crippen molar-refractivity contribution in [3.8, 4) is 0 Å². The van der Waals surface area contributed by atoms with Crippen molar-refractivity contribution in [2.24, 2.45) is 11.8 Å². The standard InChI is InChI=1S/C20H22ClF3N2O4S2/c1-13-9-14(2)12-26(11-13)32(29,30)16-5-3-15(4-6-16)25-31(27,28)17-7-8-19(21)18(10-17)20(22,23)24/h3-8,10,13-14,25H,9,11-12H2,1-2H3/t13-,14+. The zero-order chi connectivity index (χ0) is 23.9. The summed E-state index contributed by atoms with van der Waals surface area (Å²) >= 11 is 5.54. The second-order valence-electron chi connectivity index (χ2n) is 8.04.